The van der Waals surface area contributed by atoms with Gasteiger partial charge in [0.25, 0.3) is 0 Å². The largest absolute Gasteiger partial charge is 0.444 e. The van der Waals surface area contributed by atoms with Gasteiger partial charge in [-0.15, -0.1) is 0 Å². The van der Waals surface area contributed by atoms with Crippen LogP contribution in [0.2, 0.25) is 0 Å². The molecule has 0 unspecified atom stereocenters. The first-order valence-electron chi connectivity index (χ1n) is 7.82. The maximum atomic E-state index is 12.1. The van der Waals surface area contributed by atoms with Crippen molar-refractivity contribution in [2.24, 2.45) is 0 Å². The van der Waals surface area contributed by atoms with E-state index in [1.54, 1.807) is 20.8 Å². The molecule has 0 aliphatic heterocycles. The summed E-state index contributed by atoms with van der Waals surface area (Å²) in [6.07, 6.45) is -4.42. The summed E-state index contributed by atoms with van der Waals surface area (Å²) in [4.78, 5) is 11.7. The van der Waals surface area contributed by atoms with Crippen LogP contribution in [0.15, 0.2) is 0 Å². The van der Waals surface area contributed by atoms with E-state index in [0.717, 1.165) is 0 Å². The fourth-order valence-electron chi connectivity index (χ4n) is 2.39. The molecule has 1 aliphatic rings. The van der Waals surface area contributed by atoms with Crippen LogP contribution in [-0.4, -0.2) is 44.1 Å². The molecule has 1 amide bonds. The zero-order chi connectivity index (χ0) is 18.6. The third-order valence-corrected chi connectivity index (χ3v) is 4.88. The second-order valence-corrected chi connectivity index (χ2v) is 8.87. The lowest BCUT2D eigenvalue weighted by Crippen LogP contribution is -2.45. The SMILES string of the molecule is CC(C)(C)OC(=O)NC1CCC(NS(=O)(=O)CCC(F)(F)F)CC1. The molecule has 1 rings (SSSR count). The molecule has 1 aliphatic carbocycles. The number of ether oxygens (including phenoxy) is 1. The smallest absolute Gasteiger partial charge is 0.407 e. The number of amides is 1. The third-order valence-electron chi connectivity index (χ3n) is 3.45. The zero-order valence-corrected chi connectivity index (χ0v) is 14.9. The van der Waals surface area contributed by atoms with Crippen molar-refractivity contribution in [3.63, 3.8) is 0 Å². The van der Waals surface area contributed by atoms with E-state index in [-0.39, 0.29) is 6.04 Å². The minimum absolute atomic E-state index is 0.129. The fourth-order valence-corrected chi connectivity index (χ4v) is 3.75. The minimum atomic E-state index is -4.50. The van der Waals surface area contributed by atoms with Crippen molar-refractivity contribution in [2.75, 3.05) is 5.75 Å². The number of rotatable bonds is 5. The summed E-state index contributed by atoms with van der Waals surface area (Å²) in [5.41, 5.74) is -0.602. The van der Waals surface area contributed by atoms with Crippen molar-refractivity contribution < 1.29 is 31.1 Å². The first-order valence-corrected chi connectivity index (χ1v) is 9.47. The van der Waals surface area contributed by atoms with E-state index in [4.69, 9.17) is 4.74 Å². The zero-order valence-electron chi connectivity index (χ0n) is 14.1. The predicted octanol–water partition coefficient (Wildman–Crippen LogP) is 2.69. The highest BCUT2D eigenvalue weighted by Gasteiger charge is 2.32. The molecule has 0 radical (unpaired) electrons. The topological polar surface area (TPSA) is 84.5 Å². The van der Waals surface area contributed by atoms with Crippen molar-refractivity contribution in [3.05, 3.63) is 0 Å². The molecule has 1 fully saturated rings. The van der Waals surface area contributed by atoms with Gasteiger partial charge in [0.05, 0.1) is 12.2 Å². The van der Waals surface area contributed by atoms with E-state index < -0.39 is 46.1 Å². The monoisotopic (exact) mass is 374 g/mol. The number of carbonyl (C=O) groups excluding carboxylic acids is 1. The summed E-state index contributed by atoms with van der Waals surface area (Å²) in [7, 11) is -3.96. The Morgan fingerprint density at radius 2 is 1.58 bits per heavy atom. The van der Waals surface area contributed by atoms with Gasteiger partial charge < -0.3 is 10.1 Å². The molecular formula is C14H25F3N2O4S. The van der Waals surface area contributed by atoms with Crippen LogP contribution in [0.3, 0.4) is 0 Å². The third kappa shape index (κ3) is 9.31. The highest BCUT2D eigenvalue weighted by Crippen LogP contribution is 2.22. The fraction of sp³-hybridized carbons (Fsp3) is 0.929. The van der Waals surface area contributed by atoms with Gasteiger partial charge in [-0.2, -0.15) is 13.2 Å². The highest BCUT2D eigenvalue weighted by atomic mass is 32.2. The first kappa shape index (κ1) is 21.0. The Kier molecular flexibility index (Phi) is 6.92. The van der Waals surface area contributed by atoms with Gasteiger partial charge in [-0.05, 0) is 46.5 Å². The van der Waals surface area contributed by atoms with Crippen LogP contribution in [0, 0.1) is 0 Å². The van der Waals surface area contributed by atoms with E-state index in [9.17, 15) is 26.4 Å². The van der Waals surface area contributed by atoms with E-state index in [0.29, 0.717) is 25.7 Å². The Balaban J connectivity index is 2.36. The highest BCUT2D eigenvalue weighted by molar-refractivity contribution is 7.89. The average Bonchev–Trinajstić information content (AvgIpc) is 2.36. The van der Waals surface area contributed by atoms with Gasteiger partial charge in [0, 0.05) is 12.1 Å². The standard InChI is InChI=1S/C14H25F3N2O4S/c1-13(2,3)23-12(20)18-10-4-6-11(7-5-10)19-24(21,22)9-8-14(15,16)17/h10-11,19H,4-9H2,1-3H3,(H,18,20). The number of halogens is 3. The van der Waals surface area contributed by atoms with Crippen LogP contribution in [0.1, 0.15) is 52.9 Å². The van der Waals surface area contributed by atoms with Crippen molar-refractivity contribution in [2.45, 2.75) is 76.7 Å². The van der Waals surface area contributed by atoms with Gasteiger partial charge in [-0.3, -0.25) is 0 Å². The molecule has 0 aromatic heterocycles. The second kappa shape index (κ2) is 7.90. The van der Waals surface area contributed by atoms with E-state index >= 15 is 0 Å². The molecular weight excluding hydrogens is 349 g/mol. The Morgan fingerprint density at radius 3 is 2.04 bits per heavy atom. The maximum Gasteiger partial charge on any atom is 0.407 e. The molecule has 0 bridgehead atoms. The van der Waals surface area contributed by atoms with Crippen LogP contribution in [-0.2, 0) is 14.8 Å². The van der Waals surface area contributed by atoms with E-state index in [2.05, 4.69) is 10.0 Å². The number of sulfonamides is 1. The summed E-state index contributed by atoms with van der Waals surface area (Å²) in [6.45, 7) is 5.25. The molecule has 142 valence electrons. The van der Waals surface area contributed by atoms with Gasteiger partial charge in [-0.25, -0.2) is 17.9 Å². The van der Waals surface area contributed by atoms with Crippen molar-refractivity contribution in [3.8, 4) is 0 Å². The van der Waals surface area contributed by atoms with Gasteiger partial charge >= 0.3 is 12.3 Å². The molecule has 0 heterocycles. The molecule has 2 N–H and O–H groups in total. The molecule has 10 heteroatoms. The minimum Gasteiger partial charge on any atom is -0.444 e. The predicted molar refractivity (Wildman–Crippen MR) is 83.0 cm³/mol. The molecule has 24 heavy (non-hydrogen) atoms. The van der Waals surface area contributed by atoms with Crippen molar-refractivity contribution in [1.82, 2.24) is 10.0 Å². The van der Waals surface area contributed by atoms with Crippen LogP contribution < -0.4 is 10.0 Å². The average molecular weight is 374 g/mol. The van der Waals surface area contributed by atoms with Crippen LogP contribution in [0.4, 0.5) is 18.0 Å². The number of alkyl carbamates (subject to hydrolysis) is 1. The lowest BCUT2D eigenvalue weighted by atomic mass is 9.92. The Morgan fingerprint density at radius 1 is 1.08 bits per heavy atom. The summed E-state index contributed by atoms with van der Waals surface area (Å²) in [5.74, 6) is -0.966. The quantitative estimate of drug-likeness (QED) is 0.775. The molecule has 0 aromatic rings. The number of alkyl halides is 3. The first-order chi connectivity index (χ1) is 10.8. The van der Waals surface area contributed by atoms with Gasteiger partial charge in [0.2, 0.25) is 10.0 Å². The second-order valence-electron chi connectivity index (χ2n) is 7.00. The number of carbonyl (C=O) groups is 1. The number of hydrogen-bond acceptors (Lipinski definition) is 4. The molecule has 6 nitrogen and oxygen atoms in total. The summed E-state index contributed by atoms with van der Waals surface area (Å²) >= 11 is 0. The van der Waals surface area contributed by atoms with Gasteiger partial charge in [-0.1, -0.05) is 0 Å². The molecule has 0 atom stereocenters. The summed E-state index contributed by atoms with van der Waals surface area (Å²) in [6, 6.07) is -0.532. The molecule has 0 saturated heterocycles. The lowest BCUT2D eigenvalue weighted by Gasteiger charge is -2.30. The number of nitrogens with one attached hydrogen (secondary N) is 2. The van der Waals surface area contributed by atoms with Crippen LogP contribution in [0.25, 0.3) is 0 Å². The lowest BCUT2D eigenvalue weighted by molar-refractivity contribution is -0.130. The van der Waals surface area contributed by atoms with E-state index in [1.165, 1.54) is 0 Å². The summed E-state index contributed by atoms with van der Waals surface area (Å²) < 4.78 is 67.1. The maximum absolute atomic E-state index is 12.1. The normalized spacial score (nSPS) is 22.9. The Bertz CT molecular complexity index is 521. The summed E-state index contributed by atoms with van der Waals surface area (Å²) in [5, 5.41) is 2.72. The Hall–Kier alpha value is -1.03. The van der Waals surface area contributed by atoms with Crippen LogP contribution >= 0.6 is 0 Å². The molecule has 0 aromatic carbocycles. The van der Waals surface area contributed by atoms with E-state index in [1.807, 2.05) is 0 Å². The van der Waals surface area contributed by atoms with Crippen molar-refractivity contribution >= 4 is 16.1 Å². The molecule has 0 spiro atoms. The number of hydrogen-bond donors (Lipinski definition) is 2. The van der Waals surface area contributed by atoms with Crippen LogP contribution in [0.5, 0.6) is 0 Å². The Labute approximate surface area is 140 Å². The van der Waals surface area contributed by atoms with Crippen molar-refractivity contribution in [1.29, 1.82) is 0 Å². The van der Waals surface area contributed by atoms with Gasteiger partial charge in [0.1, 0.15) is 5.60 Å². The molecule has 1 saturated carbocycles. The van der Waals surface area contributed by atoms with Gasteiger partial charge in [0.15, 0.2) is 0 Å².